The molecule has 100 valence electrons. The fourth-order valence-electron chi connectivity index (χ4n) is 2.93. The number of benzene rings is 1. The van der Waals surface area contributed by atoms with Gasteiger partial charge in [-0.25, -0.2) is 0 Å². The Morgan fingerprint density at radius 3 is 2.56 bits per heavy atom. The second kappa shape index (κ2) is 6.24. The maximum Gasteiger partial charge on any atom is 0.118 e. The first-order valence-electron chi connectivity index (χ1n) is 7.09. The molecule has 18 heavy (non-hydrogen) atoms. The molecule has 1 N–H and O–H groups in total. The SMILES string of the molecule is COc1ccc(C(C)NC2CCCC(C)C2)cc1. The van der Waals surface area contributed by atoms with Crippen molar-refractivity contribution in [2.75, 3.05) is 7.11 Å². The fraction of sp³-hybridized carbons (Fsp3) is 0.625. The third-order valence-corrected chi connectivity index (χ3v) is 4.04. The predicted octanol–water partition coefficient (Wildman–Crippen LogP) is 3.92. The molecule has 2 nitrogen and oxygen atoms in total. The van der Waals surface area contributed by atoms with Crippen LogP contribution in [0.1, 0.15) is 51.1 Å². The molecule has 3 unspecified atom stereocenters. The van der Waals surface area contributed by atoms with Crippen molar-refractivity contribution in [3.8, 4) is 5.75 Å². The maximum atomic E-state index is 5.19. The van der Waals surface area contributed by atoms with Crippen molar-refractivity contribution in [2.45, 2.75) is 51.6 Å². The Hall–Kier alpha value is -1.02. The largest absolute Gasteiger partial charge is 0.497 e. The van der Waals surface area contributed by atoms with Gasteiger partial charge in [0.25, 0.3) is 0 Å². The van der Waals surface area contributed by atoms with Crippen LogP contribution < -0.4 is 10.1 Å². The number of hydrogen-bond donors (Lipinski definition) is 1. The van der Waals surface area contributed by atoms with Crippen molar-refractivity contribution < 1.29 is 4.74 Å². The Labute approximate surface area is 111 Å². The first-order valence-corrected chi connectivity index (χ1v) is 7.09. The lowest BCUT2D eigenvalue weighted by Crippen LogP contribution is -2.35. The molecule has 0 radical (unpaired) electrons. The molecule has 2 rings (SSSR count). The Bertz CT molecular complexity index is 360. The van der Waals surface area contributed by atoms with Gasteiger partial charge in [0.2, 0.25) is 0 Å². The van der Waals surface area contributed by atoms with Gasteiger partial charge in [0.05, 0.1) is 7.11 Å². The van der Waals surface area contributed by atoms with Crippen LogP contribution in [0.15, 0.2) is 24.3 Å². The van der Waals surface area contributed by atoms with Gasteiger partial charge in [-0.3, -0.25) is 0 Å². The van der Waals surface area contributed by atoms with Crippen LogP contribution in [0.4, 0.5) is 0 Å². The molecule has 0 saturated heterocycles. The van der Waals surface area contributed by atoms with Crippen LogP contribution in [0.25, 0.3) is 0 Å². The van der Waals surface area contributed by atoms with Gasteiger partial charge in [0.15, 0.2) is 0 Å². The van der Waals surface area contributed by atoms with E-state index in [2.05, 4.69) is 31.3 Å². The van der Waals surface area contributed by atoms with E-state index in [1.807, 2.05) is 12.1 Å². The van der Waals surface area contributed by atoms with Gasteiger partial charge in [-0.15, -0.1) is 0 Å². The second-order valence-corrected chi connectivity index (χ2v) is 5.63. The monoisotopic (exact) mass is 247 g/mol. The summed E-state index contributed by atoms with van der Waals surface area (Å²) in [5.41, 5.74) is 1.34. The van der Waals surface area contributed by atoms with E-state index < -0.39 is 0 Å². The highest BCUT2D eigenvalue weighted by Gasteiger charge is 2.20. The van der Waals surface area contributed by atoms with E-state index >= 15 is 0 Å². The zero-order valence-corrected chi connectivity index (χ0v) is 11.8. The number of nitrogens with one attached hydrogen (secondary N) is 1. The van der Waals surface area contributed by atoms with Crippen LogP contribution in [0.5, 0.6) is 5.75 Å². The zero-order chi connectivity index (χ0) is 13.0. The maximum absolute atomic E-state index is 5.19. The van der Waals surface area contributed by atoms with Crippen molar-refractivity contribution in [3.63, 3.8) is 0 Å². The van der Waals surface area contributed by atoms with E-state index in [1.54, 1.807) is 7.11 Å². The summed E-state index contributed by atoms with van der Waals surface area (Å²) in [6, 6.07) is 9.50. The van der Waals surface area contributed by atoms with Crippen LogP contribution in [0.2, 0.25) is 0 Å². The number of methoxy groups -OCH3 is 1. The average Bonchev–Trinajstić information content (AvgIpc) is 2.39. The lowest BCUT2D eigenvalue weighted by molar-refractivity contribution is 0.285. The van der Waals surface area contributed by atoms with E-state index in [0.717, 1.165) is 11.7 Å². The van der Waals surface area contributed by atoms with Crippen molar-refractivity contribution in [3.05, 3.63) is 29.8 Å². The third kappa shape index (κ3) is 3.49. The molecule has 1 aromatic rings. The molecular formula is C16H25NO. The van der Waals surface area contributed by atoms with Crippen molar-refractivity contribution in [2.24, 2.45) is 5.92 Å². The Balaban J connectivity index is 1.91. The normalized spacial score (nSPS) is 25.7. The third-order valence-electron chi connectivity index (χ3n) is 4.04. The van der Waals surface area contributed by atoms with Crippen molar-refractivity contribution >= 4 is 0 Å². The molecule has 0 bridgehead atoms. The zero-order valence-electron chi connectivity index (χ0n) is 11.8. The number of rotatable bonds is 4. The van der Waals surface area contributed by atoms with Crippen LogP contribution in [0.3, 0.4) is 0 Å². The van der Waals surface area contributed by atoms with Gasteiger partial charge in [-0.2, -0.15) is 0 Å². The summed E-state index contributed by atoms with van der Waals surface area (Å²) in [6.45, 7) is 4.62. The van der Waals surface area contributed by atoms with Gasteiger partial charge in [-0.1, -0.05) is 31.9 Å². The summed E-state index contributed by atoms with van der Waals surface area (Å²) in [4.78, 5) is 0. The molecule has 0 spiro atoms. The van der Waals surface area contributed by atoms with Gasteiger partial charge in [-0.05, 0) is 43.4 Å². The molecule has 3 atom stereocenters. The van der Waals surface area contributed by atoms with Crippen LogP contribution in [-0.2, 0) is 0 Å². The lowest BCUT2D eigenvalue weighted by atomic mass is 9.86. The topological polar surface area (TPSA) is 21.3 Å². The Morgan fingerprint density at radius 2 is 1.94 bits per heavy atom. The van der Waals surface area contributed by atoms with Gasteiger partial charge >= 0.3 is 0 Å². The minimum Gasteiger partial charge on any atom is -0.497 e. The highest BCUT2D eigenvalue weighted by Crippen LogP contribution is 2.26. The summed E-state index contributed by atoms with van der Waals surface area (Å²) in [6.07, 6.45) is 5.41. The summed E-state index contributed by atoms with van der Waals surface area (Å²) in [5.74, 6) is 1.80. The molecule has 0 aromatic heterocycles. The summed E-state index contributed by atoms with van der Waals surface area (Å²) in [7, 11) is 1.71. The van der Waals surface area contributed by atoms with Gasteiger partial charge in [0.1, 0.15) is 5.75 Å². The molecule has 1 saturated carbocycles. The minimum atomic E-state index is 0.422. The molecule has 1 aromatic carbocycles. The molecular weight excluding hydrogens is 222 g/mol. The average molecular weight is 247 g/mol. The van der Waals surface area contributed by atoms with E-state index in [1.165, 1.54) is 31.2 Å². The standard InChI is InChI=1S/C16H25NO/c1-12-5-4-6-15(11-12)17-13(2)14-7-9-16(18-3)10-8-14/h7-10,12-13,15,17H,4-6,11H2,1-3H3. The van der Waals surface area contributed by atoms with E-state index in [9.17, 15) is 0 Å². The van der Waals surface area contributed by atoms with Crippen LogP contribution >= 0.6 is 0 Å². The molecule has 0 aliphatic heterocycles. The summed E-state index contributed by atoms with van der Waals surface area (Å²) >= 11 is 0. The quantitative estimate of drug-likeness (QED) is 0.870. The highest BCUT2D eigenvalue weighted by molar-refractivity contribution is 5.28. The molecule has 1 aliphatic carbocycles. The molecule has 0 heterocycles. The van der Waals surface area contributed by atoms with Crippen LogP contribution in [0, 0.1) is 5.92 Å². The number of ether oxygens (including phenoxy) is 1. The van der Waals surface area contributed by atoms with E-state index in [0.29, 0.717) is 12.1 Å². The first-order chi connectivity index (χ1) is 8.69. The molecule has 0 amide bonds. The summed E-state index contributed by atoms with van der Waals surface area (Å²) in [5, 5.41) is 3.76. The predicted molar refractivity (Wildman–Crippen MR) is 76.0 cm³/mol. The number of hydrogen-bond acceptors (Lipinski definition) is 2. The van der Waals surface area contributed by atoms with Crippen molar-refractivity contribution in [1.29, 1.82) is 0 Å². The molecule has 2 heteroatoms. The van der Waals surface area contributed by atoms with Crippen LogP contribution in [-0.4, -0.2) is 13.2 Å². The molecule has 1 fully saturated rings. The fourth-order valence-corrected chi connectivity index (χ4v) is 2.93. The van der Waals surface area contributed by atoms with Gasteiger partial charge < -0.3 is 10.1 Å². The first kappa shape index (κ1) is 13.4. The Kier molecular flexibility index (Phi) is 4.65. The lowest BCUT2D eigenvalue weighted by Gasteiger charge is -2.30. The molecule has 1 aliphatic rings. The minimum absolute atomic E-state index is 0.422. The Morgan fingerprint density at radius 1 is 1.22 bits per heavy atom. The van der Waals surface area contributed by atoms with E-state index in [4.69, 9.17) is 4.74 Å². The second-order valence-electron chi connectivity index (χ2n) is 5.63. The summed E-state index contributed by atoms with van der Waals surface area (Å²) < 4.78 is 5.19. The van der Waals surface area contributed by atoms with Gasteiger partial charge in [0, 0.05) is 12.1 Å². The smallest absolute Gasteiger partial charge is 0.118 e. The van der Waals surface area contributed by atoms with Crippen molar-refractivity contribution in [1.82, 2.24) is 5.32 Å². The van der Waals surface area contributed by atoms with E-state index in [-0.39, 0.29) is 0 Å². The highest BCUT2D eigenvalue weighted by atomic mass is 16.5.